The molecule has 0 spiro atoms. The van der Waals surface area contributed by atoms with Gasteiger partial charge in [0.1, 0.15) is 23.9 Å². The number of nitrogens with zero attached hydrogens (tertiary/aromatic N) is 1. The van der Waals surface area contributed by atoms with Crippen molar-refractivity contribution in [1.82, 2.24) is 5.43 Å². The Morgan fingerprint density at radius 2 is 1.78 bits per heavy atom. The van der Waals surface area contributed by atoms with E-state index in [4.69, 9.17) is 16.3 Å². The number of hydrazone groups is 1. The number of phenolic OH excluding ortho intramolecular Hbond substituents is 1. The Balaban J connectivity index is 1.54. The van der Waals surface area contributed by atoms with Crippen molar-refractivity contribution in [2.75, 3.05) is 0 Å². The number of fused-ring (bicyclic) bond motifs is 1. The summed E-state index contributed by atoms with van der Waals surface area (Å²) in [6.45, 7) is -0.419. The third-order valence-corrected chi connectivity index (χ3v) is 5.56. The largest absolute Gasteiger partial charge is 0.506 e. The van der Waals surface area contributed by atoms with Crippen LogP contribution in [-0.2, 0) is 12.8 Å². The second-order valence-electron chi connectivity index (χ2n) is 7.65. The fourth-order valence-corrected chi connectivity index (χ4v) is 3.68. The first kappa shape index (κ1) is 25.0. The number of phenols is 1. The van der Waals surface area contributed by atoms with Gasteiger partial charge in [0.2, 0.25) is 0 Å². The number of hydrogen-bond donors (Lipinski definition) is 2. The zero-order valence-electron chi connectivity index (χ0n) is 18.3. The maximum absolute atomic E-state index is 13.4. The summed E-state index contributed by atoms with van der Waals surface area (Å²) in [6, 6.07) is 16.6. The van der Waals surface area contributed by atoms with E-state index in [2.05, 4.69) is 10.5 Å². The molecule has 0 atom stereocenters. The van der Waals surface area contributed by atoms with Crippen LogP contribution in [0.5, 0.6) is 11.5 Å². The van der Waals surface area contributed by atoms with Crippen molar-refractivity contribution in [3.63, 3.8) is 0 Å². The summed E-state index contributed by atoms with van der Waals surface area (Å²) in [5.74, 6) is -1.36. The van der Waals surface area contributed by atoms with Crippen LogP contribution in [0, 0.1) is 5.82 Å². The number of benzene rings is 4. The van der Waals surface area contributed by atoms with Crippen molar-refractivity contribution in [2.45, 2.75) is 12.8 Å². The molecule has 5 nitrogen and oxygen atoms in total. The predicted octanol–water partition coefficient (Wildman–Crippen LogP) is 6.70. The highest BCUT2D eigenvalue weighted by atomic mass is 35.5. The summed E-state index contributed by atoms with van der Waals surface area (Å²) in [4.78, 5) is 12.3. The van der Waals surface area contributed by atoms with Crippen LogP contribution in [0.2, 0.25) is 5.02 Å². The number of carbonyl (C=O) groups is 1. The summed E-state index contributed by atoms with van der Waals surface area (Å²) < 4.78 is 59.0. The number of ether oxygens (including phenoxy) is 1. The van der Waals surface area contributed by atoms with E-state index in [1.807, 2.05) is 0 Å². The Bertz CT molecular complexity index is 1470. The third-order valence-electron chi connectivity index (χ3n) is 5.26. The molecule has 0 aromatic heterocycles. The standard InChI is InChI=1S/C26H17ClF4N2O3/c27-22-11-15(6-9-23(22)34)25(35)33-32-13-16-7-10-24(20-4-2-1-3-19(16)20)36-14-17-5-8-18(28)12-21(17)26(29,30)31/h1-13,34H,14H2,(H,33,35). The number of nitrogens with one attached hydrogen (secondary N) is 1. The van der Waals surface area contributed by atoms with Crippen molar-refractivity contribution in [3.8, 4) is 11.5 Å². The Morgan fingerprint density at radius 1 is 1.03 bits per heavy atom. The third kappa shape index (κ3) is 5.58. The van der Waals surface area contributed by atoms with Crippen molar-refractivity contribution in [3.05, 3.63) is 106 Å². The fourth-order valence-electron chi connectivity index (χ4n) is 3.50. The minimum atomic E-state index is -4.72. The van der Waals surface area contributed by atoms with E-state index in [-0.39, 0.29) is 21.9 Å². The lowest BCUT2D eigenvalue weighted by atomic mass is 10.0. The molecule has 0 heterocycles. The number of carbonyl (C=O) groups excluding carboxylic acids is 1. The number of halogens is 5. The first-order valence-electron chi connectivity index (χ1n) is 10.5. The molecule has 0 aliphatic heterocycles. The van der Waals surface area contributed by atoms with Gasteiger partial charge in [0.15, 0.2) is 0 Å². The van der Waals surface area contributed by atoms with E-state index in [9.17, 15) is 27.5 Å². The smallest absolute Gasteiger partial charge is 0.416 e. The van der Waals surface area contributed by atoms with Gasteiger partial charge in [-0.05, 0) is 47.9 Å². The van der Waals surface area contributed by atoms with Gasteiger partial charge in [0.25, 0.3) is 5.91 Å². The highest BCUT2D eigenvalue weighted by Gasteiger charge is 2.34. The number of hydrogen-bond acceptors (Lipinski definition) is 4. The minimum Gasteiger partial charge on any atom is -0.506 e. The molecule has 0 saturated heterocycles. The van der Waals surface area contributed by atoms with E-state index < -0.39 is 30.1 Å². The zero-order chi connectivity index (χ0) is 25.9. The van der Waals surface area contributed by atoms with Crippen LogP contribution in [0.25, 0.3) is 10.8 Å². The Kier molecular flexibility index (Phi) is 7.12. The lowest BCUT2D eigenvalue weighted by Crippen LogP contribution is -2.17. The molecule has 0 radical (unpaired) electrons. The highest BCUT2D eigenvalue weighted by molar-refractivity contribution is 6.32. The molecule has 10 heteroatoms. The molecule has 4 aromatic rings. The van der Waals surface area contributed by atoms with Gasteiger partial charge < -0.3 is 9.84 Å². The summed E-state index contributed by atoms with van der Waals surface area (Å²) >= 11 is 5.82. The van der Waals surface area contributed by atoms with E-state index >= 15 is 0 Å². The lowest BCUT2D eigenvalue weighted by Gasteiger charge is -2.15. The first-order valence-corrected chi connectivity index (χ1v) is 10.8. The van der Waals surface area contributed by atoms with E-state index in [1.165, 1.54) is 24.4 Å². The first-order chi connectivity index (χ1) is 17.1. The summed E-state index contributed by atoms with van der Waals surface area (Å²) in [6.07, 6.45) is -3.31. The second-order valence-corrected chi connectivity index (χ2v) is 8.06. The SMILES string of the molecule is O=C(NN=Cc1ccc(OCc2ccc(F)cc2C(F)(F)F)c2ccccc12)c1ccc(O)c(Cl)c1. The van der Waals surface area contributed by atoms with Crippen molar-refractivity contribution in [2.24, 2.45) is 5.10 Å². The van der Waals surface area contributed by atoms with Gasteiger partial charge in [-0.1, -0.05) is 41.9 Å². The van der Waals surface area contributed by atoms with Gasteiger partial charge in [0, 0.05) is 22.1 Å². The second kappa shape index (κ2) is 10.2. The van der Waals surface area contributed by atoms with Crippen molar-refractivity contribution >= 4 is 34.5 Å². The number of aromatic hydroxyl groups is 1. The molecule has 0 fully saturated rings. The highest BCUT2D eigenvalue weighted by Crippen LogP contribution is 2.34. The van der Waals surface area contributed by atoms with Crippen LogP contribution in [0.3, 0.4) is 0 Å². The molecule has 4 rings (SSSR count). The van der Waals surface area contributed by atoms with Crippen LogP contribution in [0.1, 0.15) is 27.0 Å². The van der Waals surface area contributed by atoms with Gasteiger partial charge in [-0.3, -0.25) is 4.79 Å². The van der Waals surface area contributed by atoms with Crippen molar-refractivity contribution in [1.29, 1.82) is 0 Å². The van der Waals surface area contributed by atoms with Crippen LogP contribution in [-0.4, -0.2) is 17.2 Å². The molecule has 0 unspecified atom stereocenters. The maximum Gasteiger partial charge on any atom is 0.416 e. The van der Waals surface area contributed by atoms with Crippen LogP contribution >= 0.6 is 11.6 Å². The molecule has 36 heavy (non-hydrogen) atoms. The Labute approximate surface area is 207 Å². The van der Waals surface area contributed by atoms with Gasteiger partial charge in [-0.15, -0.1) is 0 Å². The van der Waals surface area contributed by atoms with Crippen LogP contribution < -0.4 is 10.2 Å². The molecule has 0 bridgehead atoms. The average molecular weight is 517 g/mol. The summed E-state index contributed by atoms with van der Waals surface area (Å²) in [5, 5.41) is 14.7. The molecule has 4 aromatic carbocycles. The molecule has 1 amide bonds. The molecule has 0 saturated carbocycles. The Hall–Kier alpha value is -4.11. The molecule has 2 N–H and O–H groups in total. The molecular formula is C26H17ClF4N2O3. The van der Waals surface area contributed by atoms with Gasteiger partial charge in [0.05, 0.1) is 16.8 Å². The topological polar surface area (TPSA) is 70.9 Å². The number of amides is 1. The normalized spacial score (nSPS) is 11.7. The van der Waals surface area contributed by atoms with Gasteiger partial charge in [-0.25, -0.2) is 9.82 Å². The minimum absolute atomic E-state index is 0.0243. The molecule has 0 aliphatic carbocycles. The van der Waals surface area contributed by atoms with E-state index in [0.29, 0.717) is 28.2 Å². The number of rotatable bonds is 6. The van der Waals surface area contributed by atoms with Gasteiger partial charge in [-0.2, -0.15) is 18.3 Å². The molecular weight excluding hydrogens is 500 g/mol. The fraction of sp³-hybridized carbons (Fsp3) is 0.0769. The van der Waals surface area contributed by atoms with E-state index in [0.717, 1.165) is 12.1 Å². The maximum atomic E-state index is 13.4. The molecule has 184 valence electrons. The quantitative estimate of drug-likeness (QED) is 0.170. The summed E-state index contributed by atoms with van der Waals surface area (Å²) in [7, 11) is 0. The van der Waals surface area contributed by atoms with Gasteiger partial charge >= 0.3 is 6.18 Å². The predicted molar refractivity (Wildman–Crippen MR) is 128 cm³/mol. The average Bonchev–Trinajstić information content (AvgIpc) is 2.85. The lowest BCUT2D eigenvalue weighted by molar-refractivity contribution is -0.138. The number of alkyl halides is 3. The molecule has 0 aliphatic rings. The van der Waals surface area contributed by atoms with Crippen LogP contribution in [0.4, 0.5) is 17.6 Å². The zero-order valence-corrected chi connectivity index (χ0v) is 19.1. The Morgan fingerprint density at radius 3 is 2.50 bits per heavy atom. The van der Waals surface area contributed by atoms with Crippen LogP contribution in [0.15, 0.2) is 77.9 Å². The van der Waals surface area contributed by atoms with Crippen molar-refractivity contribution < 1.29 is 32.2 Å². The monoisotopic (exact) mass is 516 g/mol. The summed E-state index contributed by atoms with van der Waals surface area (Å²) in [5.41, 5.74) is 1.88. The van der Waals surface area contributed by atoms with E-state index in [1.54, 1.807) is 36.4 Å².